The third-order valence-corrected chi connectivity index (χ3v) is 4.36. The monoisotopic (exact) mass is 324 g/mol. The lowest BCUT2D eigenvalue weighted by Crippen LogP contribution is -2.72. The van der Waals surface area contributed by atoms with Crippen LogP contribution in [0.25, 0.3) is 0 Å². The Kier molecular flexibility index (Phi) is 5.72. The van der Waals surface area contributed by atoms with E-state index < -0.39 is 74.1 Å². The van der Waals surface area contributed by atoms with Gasteiger partial charge in [0.1, 0.15) is 48.8 Å². The van der Waals surface area contributed by atoms with Crippen LogP contribution in [-0.2, 0) is 9.47 Å². The highest BCUT2D eigenvalue weighted by molar-refractivity contribution is 5.04. The van der Waals surface area contributed by atoms with Gasteiger partial charge in [-0.2, -0.15) is 0 Å². The molecule has 0 spiro atoms. The standard InChI is InChI=1S/C12H24N2O8/c13-5-9(19)7(17)3(1-15)21-11(5)12-6(14)10(20)8(18)4(2-16)22-12/h3-12,15-20H,1-2,13-14H2/t3-,4-,5-,6-,7+,8+,9-,10-,11+,12?/m1/s1. The van der Waals surface area contributed by atoms with E-state index in [1.54, 1.807) is 0 Å². The molecule has 2 saturated heterocycles. The first-order valence-corrected chi connectivity index (χ1v) is 7.09. The molecule has 0 aliphatic carbocycles. The number of rotatable bonds is 3. The highest BCUT2D eigenvalue weighted by Crippen LogP contribution is 2.29. The third kappa shape index (κ3) is 2.99. The number of hydrogen-bond donors (Lipinski definition) is 8. The smallest absolute Gasteiger partial charge is 0.110 e. The zero-order valence-electron chi connectivity index (χ0n) is 11.8. The lowest BCUT2D eigenvalue weighted by atomic mass is 9.84. The van der Waals surface area contributed by atoms with Gasteiger partial charge in [0.2, 0.25) is 0 Å². The van der Waals surface area contributed by atoms with Gasteiger partial charge in [-0.15, -0.1) is 0 Å². The maximum atomic E-state index is 9.95. The van der Waals surface area contributed by atoms with Crippen LogP contribution in [0.3, 0.4) is 0 Å². The van der Waals surface area contributed by atoms with Gasteiger partial charge in [-0.1, -0.05) is 0 Å². The van der Waals surface area contributed by atoms with Crippen molar-refractivity contribution in [2.45, 2.75) is 60.9 Å². The fourth-order valence-corrected chi connectivity index (χ4v) is 2.92. The zero-order chi connectivity index (χ0) is 16.6. The summed E-state index contributed by atoms with van der Waals surface area (Å²) in [5.41, 5.74) is 11.7. The molecule has 130 valence electrons. The van der Waals surface area contributed by atoms with E-state index in [-0.39, 0.29) is 0 Å². The van der Waals surface area contributed by atoms with Crippen LogP contribution >= 0.6 is 0 Å². The summed E-state index contributed by atoms with van der Waals surface area (Å²) in [6.45, 7) is -1.12. The lowest BCUT2D eigenvalue weighted by Gasteiger charge is -2.49. The Hall–Kier alpha value is -0.400. The van der Waals surface area contributed by atoms with Crippen LogP contribution in [0.5, 0.6) is 0 Å². The number of nitrogens with two attached hydrogens (primary N) is 2. The molecule has 0 amide bonds. The normalized spacial score (nSPS) is 53.5. The highest BCUT2D eigenvalue weighted by Gasteiger charge is 2.52. The summed E-state index contributed by atoms with van der Waals surface area (Å²) >= 11 is 0. The van der Waals surface area contributed by atoms with Gasteiger partial charge in [-0.3, -0.25) is 0 Å². The number of hydrogen-bond acceptors (Lipinski definition) is 10. The van der Waals surface area contributed by atoms with Gasteiger partial charge < -0.3 is 51.6 Å². The van der Waals surface area contributed by atoms with Crippen LogP contribution in [0.1, 0.15) is 0 Å². The van der Waals surface area contributed by atoms with Crippen LogP contribution in [0, 0.1) is 0 Å². The summed E-state index contributed by atoms with van der Waals surface area (Å²) in [5.74, 6) is 0. The van der Waals surface area contributed by atoms with Crippen LogP contribution in [-0.4, -0.2) is 105 Å². The van der Waals surface area contributed by atoms with Gasteiger partial charge >= 0.3 is 0 Å². The Morgan fingerprint density at radius 1 is 0.636 bits per heavy atom. The molecule has 2 aliphatic rings. The molecule has 1 unspecified atom stereocenters. The molecule has 2 aliphatic heterocycles. The second-order valence-electron chi connectivity index (χ2n) is 5.76. The van der Waals surface area contributed by atoms with E-state index in [0.29, 0.717) is 0 Å². The Morgan fingerprint density at radius 3 is 1.23 bits per heavy atom. The van der Waals surface area contributed by atoms with Gasteiger partial charge in [-0.05, 0) is 0 Å². The first-order valence-electron chi connectivity index (χ1n) is 7.09. The van der Waals surface area contributed by atoms with E-state index in [1.807, 2.05) is 0 Å². The predicted octanol–water partition coefficient (Wildman–Crippen LogP) is -5.40. The topological polar surface area (TPSA) is 192 Å². The van der Waals surface area contributed by atoms with Gasteiger partial charge in [0, 0.05) is 0 Å². The summed E-state index contributed by atoms with van der Waals surface area (Å²) in [6, 6.07) is -2.17. The van der Waals surface area contributed by atoms with E-state index in [4.69, 9.17) is 20.9 Å². The number of aliphatic hydroxyl groups is 6. The third-order valence-electron chi connectivity index (χ3n) is 4.36. The first kappa shape index (κ1) is 17.9. The summed E-state index contributed by atoms with van der Waals surface area (Å²) in [7, 11) is 0. The van der Waals surface area contributed by atoms with E-state index in [0.717, 1.165) is 0 Å². The minimum absolute atomic E-state index is 0.558. The fourth-order valence-electron chi connectivity index (χ4n) is 2.92. The first-order chi connectivity index (χ1) is 10.3. The Balaban J connectivity index is 2.21. The molecular weight excluding hydrogens is 300 g/mol. The van der Waals surface area contributed by atoms with Crippen molar-refractivity contribution in [1.29, 1.82) is 0 Å². The van der Waals surface area contributed by atoms with Crippen molar-refractivity contribution in [2.75, 3.05) is 13.2 Å². The van der Waals surface area contributed by atoms with E-state index in [9.17, 15) is 30.6 Å². The molecule has 0 bridgehead atoms. The minimum atomic E-state index is -1.39. The molecule has 0 aromatic carbocycles. The fraction of sp³-hybridized carbons (Fsp3) is 1.00. The zero-order valence-corrected chi connectivity index (χ0v) is 11.8. The van der Waals surface area contributed by atoms with E-state index >= 15 is 0 Å². The molecule has 2 rings (SSSR count). The summed E-state index contributed by atoms with van der Waals surface area (Å²) < 4.78 is 10.9. The molecule has 10 N–H and O–H groups in total. The van der Waals surface area contributed by atoms with Gasteiger partial charge in [0.25, 0.3) is 0 Å². The molecule has 22 heavy (non-hydrogen) atoms. The van der Waals surface area contributed by atoms with Gasteiger partial charge in [-0.25, -0.2) is 0 Å². The van der Waals surface area contributed by atoms with Crippen LogP contribution in [0.4, 0.5) is 0 Å². The quantitative estimate of drug-likeness (QED) is 0.248. The molecule has 0 aromatic heterocycles. The summed E-state index contributed by atoms with van der Waals surface area (Å²) in [4.78, 5) is 0. The van der Waals surface area contributed by atoms with Crippen molar-refractivity contribution in [3.8, 4) is 0 Å². The second-order valence-corrected chi connectivity index (χ2v) is 5.76. The van der Waals surface area contributed by atoms with Crippen molar-refractivity contribution in [3.05, 3.63) is 0 Å². The average molecular weight is 324 g/mol. The van der Waals surface area contributed by atoms with E-state index in [1.165, 1.54) is 0 Å². The van der Waals surface area contributed by atoms with Crippen molar-refractivity contribution in [3.63, 3.8) is 0 Å². The molecule has 0 aromatic rings. The Bertz CT molecular complexity index is 337. The Morgan fingerprint density at radius 2 is 0.955 bits per heavy atom. The number of ether oxygens (including phenoxy) is 2. The largest absolute Gasteiger partial charge is 0.394 e. The second kappa shape index (κ2) is 7.01. The van der Waals surface area contributed by atoms with E-state index in [2.05, 4.69) is 0 Å². The van der Waals surface area contributed by atoms with Crippen LogP contribution < -0.4 is 11.5 Å². The van der Waals surface area contributed by atoms with Crippen molar-refractivity contribution >= 4 is 0 Å². The SMILES string of the molecule is N[C@@H]1[C@@H](O)[C@@H](O)[C@@H](CO)O[C@@H]1C1O[C@H](CO)[C@H](O)[C@H](O)[C@H]1N. The molecule has 2 fully saturated rings. The Labute approximate surface area is 126 Å². The highest BCUT2D eigenvalue weighted by atomic mass is 16.6. The molecule has 10 heteroatoms. The molecule has 0 radical (unpaired) electrons. The summed E-state index contributed by atoms with van der Waals surface area (Å²) in [5, 5.41) is 57.8. The average Bonchev–Trinajstić information content (AvgIpc) is 2.52. The number of aliphatic hydroxyl groups excluding tert-OH is 6. The molecule has 10 atom stereocenters. The molecule has 0 saturated carbocycles. The van der Waals surface area contributed by atoms with Crippen molar-refractivity contribution in [1.82, 2.24) is 0 Å². The lowest BCUT2D eigenvalue weighted by molar-refractivity contribution is -0.259. The summed E-state index contributed by atoms with van der Waals surface area (Å²) in [6.07, 6.45) is -9.78. The van der Waals surface area contributed by atoms with Crippen LogP contribution in [0.2, 0.25) is 0 Å². The predicted molar refractivity (Wildman–Crippen MR) is 71.5 cm³/mol. The molecule has 2 heterocycles. The molecular formula is C12H24N2O8. The maximum absolute atomic E-state index is 9.95. The van der Waals surface area contributed by atoms with Gasteiger partial charge in [0.05, 0.1) is 25.3 Å². The minimum Gasteiger partial charge on any atom is -0.394 e. The van der Waals surface area contributed by atoms with Crippen LogP contribution in [0.15, 0.2) is 0 Å². The van der Waals surface area contributed by atoms with Gasteiger partial charge in [0.15, 0.2) is 0 Å². The molecule has 10 nitrogen and oxygen atoms in total. The van der Waals surface area contributed by atoms with Crippen molar-refractivity contribution in [2.24, 2.45) is 11.5 Å². The van der Waals surface area contributed by atoms with Crippen molar-refractivity contribution < 1.29 is 40.1 Å². The maximum Gasteiger partial charge on any atom is 0.110 e.